The molecule has 0 radical (unpaired) electrons. The topological polar surface area (TPSA) is 74.3 Å². The number of likely N-dealkylation sites (tertiary alicyclic amines) is 1. The number of hydrogen-bond acceptors (Lipinski definition) is 3. The Kier molecular flexibility index (Phi) is 5.78. The summed E-state index contributed by atoms with van der Waals surface area (Å²) in [5, 5.41) is 5.67. The van der Waals surface area contributed by atoms with E-state index in [1.165, 1.54) is 24.3 Å². The van der Waals surface area contributed by atoms with Crippen molar-refractivity contribution in [2.24, 2.45) is 5.92 Å². The summed E-state index contributed by atoms with van der Waals surface area (Å²) >= 11 is 0. The van der Waals surface area contributed by atoms with Crippen LogP contribution in [0.3, 0.4) is 0 Å². The fraction of sp³-hybridized carbons (Fsp3) is 0.316. The number of carbonyl (C=O) groups is 2. The van der Waals surface area contributed by atoms with Gasteiger partial charge in [-0.3, -0.25) is 9.78 Å². The van der Waals surface area contributed by atoms with Crippen LogP contribution in [-0.2, 0) is 0 Å². The number of piperidine rings is 1. The molecule has 3 rings (SSSR count). The van der Waals surface area contributed by atoms with Gasteiger partial charge in [-0.25, -0.2) is 9.18 Å². The quantitative estimate of drug-likeness (QED) is 0.885. The maximum Gasteiger partial charge on any atom is 0.321 e. The van der Waals surface area contributed by atoms with Crippen LogP contribution in [-0.4, -0.2) is 41.5 Å². The van der Waals surface area contributed by atoms with Gasteiger partial charge >= 0.3 is 6.03 Å². The molecule has 0 bridgehead atoms. The number of rotatable bonds is 4. The standard InChI is InChI=1S/C19H21FN4O2/c20-15-4-6-16(7-5-15)23-19(26)24-11-8-14(9-12-24)13-22-18(25)17-3-1-2-10-21-17/h1-7,10,14H,8-9,11-13H2,(H,22,25)(H,23,26). The van der Waals surface area contributed by atoms with Crippen molar-refractivity contribution in [3.05, 3.63) is 60.2 Å². The van der Waals surface area contributed by atoms with Gasteiger partial charge in [0.25, 0.3) is 5.91 Å². The van der Waals surface area contributed by atoms with Crippen molar-refractivity contribution in [2.75, 3.05) is 25.0 Å². The summed E-state index contributed by atoms with van der Waals surface area (Å²) in [5.74, 6) is -0.184. The number of hydrogen-bond donors (Lipinski definition) is 2. The molecule has 0 atom stereocenters. The number of aromatic nitrogens is 1. The lowest BCUT2D eigenvalue weighted by Crippen LogP contribution is -2.43. The number of urea groups is 1. The summed E-state index contributed by atoms with van der Waals surface area (Å²) < 4.78 is 12.9. The maximum absolute atomic E-state index is 12.9. The Morgan fingerprint density at radius 2 is 1.85 bits per heavy atom. The van der Waals surface area contributed by atoms with Gasteiger partial charge in [-0.05, 0) is 55.2 Å². The van der Waals surface area contributed by atoms with Crippen LogP contribution in [0.5, 0.6) is 0 Å². The van der Waals surface area contributed by atoms with Crippen molar-refractivity contribution in [3.8, 4) is 0 Å². The molecule has 2 aromatic rings. The Balaban J connectivity index is 1.41. The zero-order chi connectivity index (χ0) is 18.4. The summed E-state index contributed by atoms with van der Waals surface area (Å²) in [6, 6.07) is 10.7. The number of halogens is 1. The molecule has 0 aliphatic carbocycles. The number of carbonyl (C=O) groups excluding carboxylic acids is 2. The van der Waals surface area contributed by atoms with Gasteiger partial charge in [-0.2, -0.15) is 0 Å². The van der Waals surface area contributed by atoms with Gasteiger partial charge in [0.2, 0.25) is 0 Å². The van der Waals surface area contributed by atoms with E-state index >= 15 is 0 Å². The van der Waals surface area contributed by atoms with E-state index in [0.29, 0.717) is 36.9 Å². The second-order valence-electron chi connectivity index (χ2n) is 6.29. The molecule has 7 heteroatoms. The molecular formula is C19H21FN4O2. The first kappa shape index (κ1) is 17.8. The Morgan fingerprint density at radius 1 is 1.12 bits per heavy atom. The van der Waals surface area contributed by atoms with Gasteiger partial charge in [-0.15, -0.1) is 0 Å². The third kappa shape index (κ3) is 4.78. The number of nitrogens with zero attached hydrogens (tertiary/aromatic N) is 2. The largest absolute Gasteiger partial charge is 0.350 e. The van der Waals surface area contributed by atoms with Crippen LogP contribution in [0.4, 0.5) is 14.9 Å². The zero-order valence-corrected chi connectivity index (χ0v) is 14.3. The van der Waals surface area contributed by atoms with Gasteiger partial charge in [0.15, 0.2) is 0 Å². The van der Waals surface area contributed by atoms with Gasteiger partial charge in [-0.1, -0.05) is 6.07 Å². The molecule has 2 heterocycles. The number of benzene rings is 1. The number of nitrogens with one attached hydrogen (secondary N) is 2. The van der Waals surface area contributed by atoms with E-state index in [-0.39, 0.29) is 17.8 Å². The molecule has 26 heavy (non-hydrogen) atoms. The summed E-state index contributed by atoms with van der Waals surface area (Å²) in [4.78, 5) is 30.0. The number of anilines is 1. The fourth-order valence-corrected chi connectivity index (χ4v) is 2.90. The third-order valence-corrected chi connectivity index (χ3v) is 4.45. The van der Waals surface area contributed by atoms with Crippen LogP contribution in [0.2, 0.25) is 0 Å². The molecule has 1 aliphatic rings. The van der Waals surface area contributed by atoms with E-state index in [4.69, 9.17) is 0 Å². The first-order chi connectivity index (χ1) is 12.6. The molecular weight excluding hydrogens is 335 g/mol. The molecule has 0 spiro atoms. The lowest BCUT2D eigenvalue weighted by molar-refractivity contribution is 0.0934. The summed E-state index contributed by atoms with van der Waals surface area (Å²) in [5.41, 5.74) is 0.977. The molecule has 1 aromatic heterocycles. The fourth-order valence-electron chi connectivity index (χ4n) is 2.90. The van der Waals surface area contributed by atoms with Crippen LogP contribution in [0.15, 0.2) is 48.7 Å². The van der Waals surface area contributed by atoms with Crippen molar-refractivity contribution < 1.29 is 14.0 Å². The smallest absolute Gasteiger partial charge is 0.321 e. The molecule has 0 unspecified atom stereocenters. The van der Waals surface area contributed by atoms with Crippen molar-refractivity contribution in [3.63, 3.8) is 0 Å². The van der Waals surface area contributed by atoms with E-state index in [0.717, 1.165) is 12.8 Å². The normalized spacial score (nSPS) is 14.7. The van der Waals surface area contributed by atoms with Crippen LogP contribution in [0.25, 0.3) is 0 Å². The lowest BCUT2D eigenvalue weighted by atomic mass is 9.97. The lowest BCUT2D eigenvalue weighted by Gasteiger charge is -2.32. The van der Waals surface area contributed by atoms with Crippen molar-refractivity contribution in [2.45, 2.75) is 12.8 Å². The third-order valence-electron chi connectivity index (χ3n) is 4.45. The van der Waals surface area contributed by atoms with Crippen molar-refractivity contribution in [1.82, 2.24) is 15.2 Å². The second kappa shape index (κ2) is 8.42. The number of amides is 3. The highest BCUT2D eigenvalue weighted by molar-refractivity contribution is 5.92. The minimum absolute atomic E-state index is 0.179. The van der Waals surface area contributed by atoms with E-state index < -0.39 is 0 Å². The highest BCUT2D eigenvalue weighted by atomic mass is 19.1. The minimum atomic E-state index is -0.337. The average molecular weight is 356 g/mol. The minimum Gasteiger partial charge on any atom is -0.350 e. The molecule has 136 valence electrons. The highest BCUT2D eigenvalue weighted by Crippen LogP contribution is 2.18. The monoisotopic (exact) mass is 356 g/mol. The first-order valence-electron chi connectivity index (χ1n) is 8.62. The Hall–Kier alpha value is -2.96. The van der Waals surface area contributed by atoms with Gasteiger partial charge < -0.3 is 15.5 Å². The van der Waals surface area contributed by atoms with Gasteiger partial charge in [0.1, 0.15) is 11.5 Å². The summed E-state index contributed by atoms with van der Waals surface area (Å²) in [7, 11) is 0. The Morgan fingerprint density at radius 3 is 2.50 bits per heavy atom. The van der Waals surface area contributed by atoms with Crippen LogP contribution >= 0.6 is 0 Å². The van der Waals surface area contributed by atoms with E-state index in [1.807, 2.05) is 0 Å². The van der Waals surface area contributed by atoms with Crippen LogP contribution in [0.1, 0.15) is 23.3 Å². The van der Waals surface area contributed by atoms with Crippen molar-refractivity contribution in [1.29, 1.82) is 0 Å². The second-order valence-corrected chi connectivity index (χ2v) is 6.29. The zero-order valence-electron chi connectivity index (χ0n) is 14.3. The SMILES string of the molecule is O=C(NCC1CCN(C(=O)Nc2ccc(F)cc2)CC1)c1ccccn1. The summed E-state index contributed by atoms with van der Waals surface area (Å²) in [6.45, 7) is 1.82. The molecule has 1 aliphatic heterocycles. The Labute approximate surface area is 151 Å². The summed E-state index contributed by atoms with van der Waals surface area (Å²) in [6.07, 6.45) is 3.23. The first-order valence-corrected chi connectivity index (χ1v) is 8.62. The van der Waals surface area contributed by atoms with Crippen LogP contribution < -0.4 is 10.6 Å². The average Bonchev–Trinajstić information content (AvgIpc) is 2.69. The van der Waals surface area contributed by atoms with Gasteiger partial charge in [0, 0.05) is 31.5 Å². The molecule has 6 nitrogen and oxygen atoms in total. The van der Waals surface area contributed by atoms with Gasteiger partial charge in [0.05, 0.1) is 0 Å². The molecule has 1 saturated heterocycles. The molecule has 0 saturated carbocycles. The van der Waals surface area contributed by atoms with E-state index in [1.54, 1.807) is 29.3 Å². The Bertz CT molecular complexity index is 744. The molecule has 2 N–H and O–H groups in total. The highest BCUT2D eigenvalue weighted by Gasteiger charge is 2.23. The number of pyridine rings is 1. The van der Waals surface area contributed by atoms with E-state index in [9.17, 15) is 14.0 Å². The van der Waals surface area contributed by atoms with E-state index in [2.05, 4.69) is 15.6 Å². The molecule has 3 amide bonds. The predicted molar refractivity (Wildman–Crippen MR) is 96.3 cm³/mol. The van der Waals surface area contributed by atoms with Crippen LogP contribution in [0, 0.1) is 11.7 Å². The maximum atomic E-state index is 12.9. The molecule has 1 fully saturated rings. The molecule has 1 aromatic carbocycles. The predicted octanol–water partition coefficient (Wildman–Crippen LogP) is 2.89. The van der Waals surface area contributed by atoms with Crippen molar-refractivity contribution >= 4 is 17.6 Å².